The second kappa shape index (κ2) is 13.4. The number of hydrogen-bond donors (Lipinski definition) is 0. The fraction of sp³-hybridized carbons (Fsp3) is 0.0323. The van der Waals surface area contributed by atoms with Crippen LogP contribution < -0.4 is 4.90 Å². The number of thiophene rings is 1. The molecule has 0 aliphatic heterocycles. The summed E-state index contributed by atoms with van der Waals surface area (Å²) in [6.45, 7) is 0. The molecule has 14 rings (SSSR count). The maximum atomic E-state index is 2.48. The molecule has 0 bridgehead atoms. The zero-order valence-corrected chi connectivity index (χ0v) is 35.7. The van der Waals surface area contributed by atoms with Gasteiger partial charge in [-0.2, -0.15) is 0 Å². The molecular formula is C62H39NS. The molecule has 0 radical (unpaired) electrons. The minimum atomic E-state index is -0.568. The summed E-state index contributed by atoms with van der Waals surface area (Å²) in [5, 5.41) is 2.65. The smallest absolute Gasteiger partial charge is 0.0720 e. The Labute approximate surface area is 376 Å². The number of para-hydroxylation sites is 1. The summed E-state index contributed by atoms with van der Waals surface area (Å²) in [5.74, 6) is 0. The van der Waals surface area contributed by atoms with Crippen LogP contribution in [0.1, 0.15) is 44.5 Å². The highest BCUT2D eigenvalue weighted by Crippen LogP contribution is 2.68. The Morgan fingerprint density at radius 3 is 1.38 bits per heavy atom. The summed E-state index contributed by atoms with van der Waals surface area (Å²) in [5.41, 5.74) is 20.8. The lowest BCUT2D eigenvalue weighted by atomic mass is 9.52. The van der Waals surface area contributed by atoms with Crippen LogP contribution in [0.5, 0.6) is 0 Å². The Bertz CT molecular complexity index is 3590. The molecular weight excluding hydrogens is 791 g/mol. The second-order valence-electron chi connectivity index (χ2n) is 17.4. The van der Waals surface area contributed by atoms with E-state index in [-0.39, 0.29) is 0 Å². The molecule has 1 heterocycles. The zero-order valence-electron chi connectivity index (χ0n) is 34.9. The van der Waals surface area contributed by atoms with Gasteiger partial charge in [0.1, 0.15) is 0 Å². The molecule has 1 nitrogen and oxygen atoms in total. The lowest BCUT2D eigenvalue weighted by molar-refractivity contribution is 0.633. The summed E-state index contributed by atoms with van der Waals surface area (Å²) in [6, 6.07) is 88.9. The van der Waals surface area contributed by atoms with E-state index >= 15 is 0 Å². The van der Waals surface area contributed by atoms with Gasteiger partial charge in [0, 0.05) is 37.1 Å². The molecule has 0 fully saturated rings. The Balaban J connectivity index is 1.02. The maximum absolute atomic E-state index is 2.48. The molecule has 2 heteroatoms. The summed E-state index contributed by atoms with van der Waals surface area (Å²) in [6.07, 6.45) is 0. The van der Waals surface area contributed by atoms with E-state index in [2.05, 4.69) is 241 Å². The Hall–Kier alpha value is -7.78. The summed E-state index contributed by atoms with van der Waals surface area (Å²) < 4.78 is 2.64. The van der Waals surface area contributed by atoms with E-state index in [1.165, 1.54) is 104 Å². The first-order chi connectivity index (χ1) is 31.8. The Morgan fingerprint density at radius 1 is 0.297 bits per heavy atom. The van der Waals surface area contributed by atoms with E-state index in [9.17, 15) is 0 Å². The molecule has 3 aliphatic rings. The van der Waals surface area contributed by atoms with Gasteiger partial charge in [0.25, 0.3) is 0 Å². The SMILES string of the molecule is c1ccc(N(c2ccc(-c3cccc4sc5ccccc5c34)cc2)c2cccc3c2-c2ccccc2C32c3ccccc3C3(c4ccccc4-c4ccccc43)c3ccccc32)cc1. The summed E-state index contributed by atoms with van der Waals surface area (Å²) in [7, 11) is 0. The van der Waals surface area contributed by atoms with Gasteiger partial charge in [0.05, 0.1) is 16.5 Å². The summed E-state index contributed by atoms with van der Waals surface area (Å²) in [4.78, 5) is 2.48. The van der Waals surface area contributed by atoms with E-state index in [1.807, 2.05) is 11.3 Å². The molecule has 298 valence electrons. The molecule has 1 aromatic heterocycles. The van der Waals surface area contributed by atoms with Crippen LogP contribution in [-0.2, 0) is 10.8 Å². The Kier molecular flexibility index (Phi) is 7.47. The van der Waals surface area contributed by atoms with Crippen LogP contribution in [0, 0.1) is 0 Å². The van der Waals surface area contributed by atoms with Crippen LogP contribution >= 0.6 is 11.3 Å². The molecule has 10 aromatic carbocycles. The van der Waals surface area contributed by atoms with Crippen molar-refractivity contribution < 1.29 is 0 Å². The molecule has 0 saturated heterocycles. The highest BCUT2D eigenvalue weighted by molar-refractivity contribution is 7.25. The fourth-order valence-corrected chi connectivity index (χ4v) is 13.4. The highest BCUT2D eigenvalue weighted by Gasteiger charge is 2.59. The molecule has 3 aliphatic carbocycles. The normalized spacial score (nSPS) is 14.2. The lowest BCUT2D eigenvalue weighted by Gasteiger charge is -2.48. The molecule has 0 amide bonds. The predicted octanol–water partition coefficient (Wildman–Crippen LogP) is 16.2. The van der Waals surface area contributed by atoms with Gasteiger partial charge in [-0.3, -0.25) is 0 Å². The number of rotatable bonds is 4. The van der Waals surface area contributed by atoms with Gasteiger partial charge in [0.15, 0.2) is 0 Å². The Morgan fingerprint density at radius 2 is 0.734 bits per heavy atom. The van der Waals surface area contributed by atoms with E-state index in [0.717, 1.165) is 11.4 Å². The zero-order chi connectivity index (χ0) is 42.0. The molecule has 0 saturated carbocycles. The van der Waals surface area contributed by atoms with Crippen LogP contribution in [0.3, 0.4) is 0 Å². The maximum Gasteiger partial charge on any atom is 0.0720 e. The van der Waals surface area contributed by atoms with Gasteiger partial charge in [-0.25, -0.2) is 0 Å². The monoisotopic (exact) mass is 829 g/mol. The van der Waals surface area contributed by atoms with Gasteiger partial charge in [-0.1, -0.05) is 194 Å². The first kappa shape index (κ1) is 35.8. The van der Waals surface area contributed by atoms with Crippen LogP contribution in [0.15, 0.2) is 237 Å². The van der Waals surface area contributed by atoms with E-state index in [1.54, 1.807) is 0 Å². The van der Waals surface area contributed by atoms with E-state index < -0.39 is 10.8 Å². The van der Waals surface area contributed by atoms with E-state index in [0.29, 0.717) is 0 Å². The first-order valence-corrected chi connectivity index (χ1v) is 23.1. The van der Waals surface area contributed by atoms with Crippen molar-refractivity contribution >= 4 is 48.6 Å². The van der Waals surface area contributed by atoms with E-state index in [4.69, 9.17) is 0 Å². The molecule has 0 N–H and O–H groups in total. The molecule has 2 spiro atoms. The second-order valence-corrected chi connectivity index (χ2v) is 18.5. The van der Waals surface area contributed by atoms with Crippen molar-refractivity contribution in [1.29, 1.82) is 0 Å². The third-order valence-electron chi connectivity index (χ3n) is 14.6. The van der Waals surface area contributed by atoms with Crippen LogP contribution in [0.4, 0.5) is 17.1 Å². The minimum Gasteiger partial charge on any atom is -0.310 e. The third kappa shape index (κ3) is 4.53. The highest BCUT2D eigenvalue weighted by atomic mass is 32.1. The number of hydrogen-bond acceptors (Lipinski definition) is 2. The average Bonchev–Trinajstić information content (AvgIpc) is 4.00. The van der Waals surface area contributed by atoms with Gasteiger partial charge in [0.2, 0.25) is 0 Å². The first-order valence-electron chi connectivity index (χ1n) is 22.3. The van der Waals surface area contributed by atoms with Crippen molar-refractivity contribution in [3.63, 3.8) is 0 Å². The minimum absolute atomic E-state index is 0.474. The largest absolute Gasteiger partial charge is 0.310 e. The fourth-order valence-electron chi connectivity index (χ4n) is 12.3. The van der Waals surface area contributed by atoms with Crippen LogP contribution in [0.25, 0.3) is 53.6 Å². The number of fused-ring (bicyclic) bond motifs is 19. The van der Waals surface area contributed by atoms with Gasteiger partial charge in [-0.05, 0) is 115 Å². The van der Waals surface area contributed by atoms with Crippen molar-refractivity contribution in [2.45, 2.75) is 10.8 Å². The number of anilines is 3. The van der Waals surface area contributed by atoms with Crippen LogP contribution in [-0.4, -0.2) is 0 Å². The van der Waals surface area contributed by atoms with Gasteiger partial charge < -0.3 is 4.90 Å². The van der Waals surface area contributed by atoms with Crippen molar-refractivity contribution in [3.8, 4) is 33.4 Å². The van der Waals surface area contributed by atoms with Crippen molar-refractivity contribution in [3.05, 3.63) is 281 Å². The molecule has 11 aromatic rings. The quantitative estimate of drug-likeness (QED) is 0.171. The third-order valence-corrected chi connectivity index (χ3v) is 15.7. The lowest BCUT2D eigenvalue weighted by Crippen LogP contribution is -2.43. The molecule has 64 heavy (non-hydrogen) atoms. The standard InChI is InChI=1S/C62H39NS/c1-2-18-41(19-3-1)63(42-38-36-40(37-39-42)43-24-16-35-58-59(43)47-23-7-15-34-57(47)64-58)56-33-17-32-55-60(56)46-22-6-10-27-50(46)62(55)53-30-13-11-28-51(53)61(52-29-12-14-31-54(52)62)48-25-8-4-20-44(48)45-21-5-9-26-49(45)61/h1-39H. The topological polar surface area (TPSA) is 3.24 Å². The van der Waals surface area contributed by atoms with Gasteiger partial charge in [-0.15, -0.1) is 11.3 Å². The average molecular weight is 830 g/mol. The number of nitrogens with zero attached hydrogens (tertiary/aromatic N) is 1. The molecule has 0 unspecified atom stereocenters. The van der Waals surface area contributed by atoms with Crippen LogP contribution in [0.2, 0.25) is 0 Å². The van der Waals surface area contributed by atoms with Crippen molar-refractivity contribution in [2.75, 3.05) is 4.90 Å². The van der Waals surface area contributed by atoms with Gasteiger partial charge >= 0.3 is 0 Å². The number of benzene rings is 10. The summed E-state index contributed by atoms with van der Waals surface area (Å²) >= 11 is 1.87. The molecule has 0 atom stereocenters. The van der Waals surface area contributed by atoms with Crippen molar-refractivity contribution in [1.82, 2.24) is 0 Å². The predicted molar refractivity (Wildman–Crippen MR) is 268 cm³/mol. The van der Waals surface area contributed by atoms with Crippen molar-refractivity contribution in [2.24, 2.45) is 0 Å².